The molecule has 0 N–H and O–H groups in total. The summed E-state index contributed by atoms with van der Waals surface area (Å²) < 4.78 is 0. The van der Waals surface area contributed by atoms with Crippen LogP contribution in [0.1, 0.15) is 52.4 Å². The number of carboxylic acid groups (broad SMARTS) is 2. The van der Waals surface area contributed by atoms with E-state index in [2.05, 4.69) is 0 Å². The Kier molecular flexibility index (Phi) is 9.29. The van der Waals surface area contributed by atoms with Gasteiger partial charge >= 0.3 is 37.7 Å². The monoisotopic (exact) mass is 294 g/mol. The second-order valence-corrected chi connectivity index (χ2v) is 5.45. The fourth-order valence-electron chi connectivity index (χ4n) is 3.37. The minimum Gasteiger partial charge on any atom is -0.549 e. The van der Waals surface area contributed by atoms with Crippen molar-refractivity contribution < 1.29 is 19.8 Å². The molecular formula is C14H22CaO4. The molecule has 1 saturated carbocycles. The average molecular weight is 294 g/mol. The van der Waals surface area contributed by atoms with E-state index in [-0.39, 0.29) is 49.6 Å². The van der Waals surface area contributed by atoms with Crippen LogP contribution in [0, 0.1) is 23.7 Å². The molecule has 0 aliphatic heterocycles. The molecular weight excluding hydrogens is 272 g/mol. The fraction of sp³-hybridized carbons (Fsp3) is 0.857. The Bertz CT molecular complexity index is 286. The molecule has 0 radical (unpaired) electrons. The van der Waals surface area contributed by atoms with Crippen LogP contribution < -0.4 is 10.2 Å². The maximum Gasteiger partial charge on any atom is 2.00 e. The van der Waals surface area contributed by atoms with Gasteiger partial charge in [-0.1, -0.05) is 52.4 Å². The first-order valence-electron chi connectivity index (χ1n) is 6.90. The number of hydrogen-bond donors (Lipinski definition) is 0. The number of aliphatic carboxylic acids is 2. The van der Waals surface area contributed by atoms with Gasteiger partial charge in [0.25, 0.3) is 0 Å². The number of hydrogen-bond acceptors (Lipinski definition) is 4. The Morgan fingerprint density at radius 2 is 1.58 bits per heavy atom. The third kappa shape index (κ3) is 5.24. The van der Waals surface area contributed by atoms with Crippen LogP contribution in [0.3, 0.4) is 0 Å². The van der Waals surface area contributed by atoms with Gasteiger partial charge in [-0.25, -0.2) is 0 Å². The summed E-state index contributed by atoms with van der Waals surface area (Å²) in [7, 11) is 0. The molecule has 1 aliphatic rings. The molecule has 0 heterocycles. The maximum absolute atomic E-state index is 11.0. The Morgan fingerprint density at radius 3 is 1.95 bits per heavy atom. The second kappa shape index (κ2) is 9.19. The van der Waals surface area contributed by atoms with Gasteiger partial charge in [0.05, 0.1) is 11.9 Å². The van der Waals surface area contributed by atoms with E-state index >= 15 is 0 Å². The van der Waals surface area contributed by atoms with E-state index in [9.17, 15) is 19.8 Å². The molecule has 0 bridgehead atoms. The van der Waals surface area contributed by atoms with Crippen molar-refractivity contribution in [1.82, 2.24) is 0 Å². The summed E-state index contributed by atoms with van der Waals surface area (Å²) in [5, 5.41) is 22.0. The summed E-state index contributed by atoms with van der Waals surface area (Å²) in [6.45, 7) is 3.81. The van der Waals surface area contributed by atoms with Crippen LogP contribution in [-0.2, 0) is 9.59 Å². The van der Waals surface area contributed by atoms with Gasteiger partial charge in [0.2, 0.25) is 0 Å². The zero-order valence-electron chi connectivity index (χ0n) is 11.9. The largest absolute Gasteiger partial charge is 2.00 e. The van der Waals surface area contributed by atoms with Gasteiger partial charge in [0.1, 0.15) is 0 Å². The molecule has 19 heavy (non-hydrogen) atoms. The van der Waals surface area contributed by atoms with Crippen LogP contribution in [0.5, 0.6) is 0 Å². The summed E-state index contributed by atoms with van der Waals surface area (Å²) >= 11 is 0. The van der Waals surface area contributed by atoms with Crippen LogP contribution in [0.4, 0.5) is 0 Å². The molecule has 0 amide bonds. The molecule has 0 saturated heterocycles. The Balaban J connectivity index is 0.00000324. The third-order valence-corrected chi connectivity index (χ3v) is 4.48. The van der Waals surface area contributed by atoms with Crippen molar-refractivity contribution in [3.63, 3.8) is 0 Å². The standard InChI is InChI=1S/C14H24O4.Ca/c1-3-11(12(13(15)16)14(17)18)9(2)10-7-5-4-6-8-10;/h9-12H,3-8H2,1-2H3,(H,15,16)(H,17,18);/q;+2/p-2. The van der Waals surface area contributed by atoms with Gasteiger partial charge < -0.3 is 19.8 Å². The van der Waals surface area contributed by atoms with Gasteiger partial charge in [-0.3, -0.25) is 0 Å². The summed E-state index contributed by atoms with van der Waals surface area (Å²) in [6, 6.07) is 0. The Hall–Kier alpha value is 0.200. The number of carbonyl (C=O) groups excluding carboxylic acids is 2. The topological polar surface area (TPSA) is 80.3 Å². The number of rotatable bonds is 6. The Labute approximate surface area is 145 Å². The SMILES string of the molecule is CCC(C(C(=O)[O-])C(=O)[O-])C(C)C1CCCCC1.[Ca+2]. The third-order valence-electron chi connectivity index (χ3n) is 4.48. The van der Waals surface area contributed by atoms with Gasteiger partial charge in [-0.05, 0) is 17.8 Å². The quantitative estimate of drug-likeness (QED) is 0.509. The predicted molar refractivity (Wildman–Crippen MR) is 68.8 cm³/mol. The summed E-state index contributed by atoms with van der Waals surface area (Å²) in [4.78, 5) is 22.0. The molecule has 1 fully saturated rings. The van der Waals surface area contributed by atoms with Crippen LogP contribution >= 0.6 is 0 Å². The maximum atomic E-state index is 11.0. The summed E-state index contributed by atoms with van der Waals surface area (Å²) in [6.07, 6.45) is 6.23. The van der Waals surface area contributed by atoms with E-state index in [0.717, 1.165) is 25.7 Å². The van der Waals surface area contributed by atoms with Crippen molar-refractivity contribution in [3.8, 4) is 0 Å². The van der Waals surface area contributed by atoms with Crippen molar-refractivity contribution in [1.29, 1.82) is 0 Å². The van der Waals surface area contributed by atoms with Crippen molar-refractivity contribution in [2.75, 3.05) is 0 Å². The van der Waals surface area contributed by atoms with Crippen molar-refractivity contribution in [3.05, 3.63) is 0 Å². The van der Waals surface area contributed by atoms with Crippen LogP contribution in [0.25, 0.3) is 0 Å². The van der Waals surface area contributed by atoms with Gasteiger partial charge in [-0.15, -0.1) is 0 Å². The zero-order chi connectivity index (χ0) is 13.7. The van der Waals surface area contributed by atoms with E-state index in [1.807, 2.05) is 13.8 Å². The molecule has 0 aromatic heterocycles. The molecule has 2 unspecified atom stereocenters. The smallest absolute Gasteiger partial charge is 0.549 e. The van der Waals surface area contributed by atoms with E-state index in [1.165, 1.54) is 6.42 Å². The first-order valence-corrected chi connectivity index (χ1v) is 6.90. The van der Waals surface area contributed by atoms with E-state index in [4.69, 9.17) is 0 Å². The van der Waals surface area contributed by atoms with Gasteiger partial charge in [-0.2, -0.15) is 0 Å². The average Bonchev–Trinajstić information content (AvgIpc) is 2.35. The summed E-state index contributed by atoms with van der Waals surface area (Å²) in [5.41, 5.74) is 0. The first kappa shape index (κ1) is 19.2. The number of carboxylic acids is 2. The molecule has 0 spiro atoms. The van der Waals surface area contributed by atoms with Crippen molar-refractivity contribution in [2.45, 2.75) is 52.4 Å². The normalized spacial score (nSPS) is 19.5. The van der Waals surface area contributed by atoms with Gasteiger partial charge in [0.15, 0.2) is 0 Å². The zero-order valence-corrected chi connectivity index (χ0v) is 14.1. The second-order valence-electron chi connectivity index (χ2n) is 5.45. The summed E-state index contributed by atoms with van der Waals surface area (Å²) in [5.74, 6) is -4.36. The molecule has 0 aromatic carbocycles. The molecule has 2 atom stereocenters. The van der Waals surface area contributed by atoms with Crippen molar-refractivity contribution in [2.24, 2.45) is 23.7 Å². The van der Waals surface area contributed by atoms with Crippen LogP contribution in [0.2, 0.25) is 0 Å². The number of carbonyl (C=O) groups is 2. The van der Waals surface area contributed by atoms with E-state index in [1.54, 1.807) is 0 Å². The first-order chi connectivity index (χ1) is 8.49. The minimum absolute atomic E-state index is 0. The van der Waals surface area contributed by atoms with Gasteiger partial charge in [0, 0.05) is 5.92 Å². The van der Waals surface area contributed by atoms with Crippen LogP contribution in [0.15, 0.2) is 0 Å². The molecule has 5 heteroatoms. The predicted octanol–water partition coefficient (Wildman–Crippen LogP) is -0.0358. The molecule has 0 aromatic rings. The fourth-order valence-corrected chi connectivity index (χ4v) is 3.37. The van der Waals surface area contributed by atoms with E-state index in [0.29, 0.717) is 12.3 Å². The van der Waals surface area contributed by atoms with Crippen LogP contribution in [-0.4, -0.2) is 49.7 Å². The van der Waals surface area contributed by atoms with E-state index < -0.39 is 17.9 Å². The molecule has 4 nitrogen and oxygen atoms in total. The minimum atomic E-state index is -1.51. The molecule has 1 aliphatic carbocycles. The Morgan fingerprint density at radius 1 is 1.11 bits per heavy atom. The molecule has 1 rings (SSSR count). The van der Waals surface area contributed by atoms with Crippen molar-refractivity contribution >= 4 is 49.7 Å². The molecule has 104 valence electrons.